The van der Waals surface area contributed by atoms with E-state index in [2.05, 4.69) is 5.32 Å². The Morgan fingerprint density at radius 2 is 1.95 bits per heavy atom. The van der Waals surface area contributed by atoms with E-state index in [1.807, 2.05) is 13.8 Å². The van der Waals surface area contributed by atoms with Crippen LogP contribution in [-0.2, 0) is 9.53 Å². The van der Waals surface area contributed by atoms with Crippen LogP contribution in [0.25, 0.3) is 0 Å². The normalized spacial score (nSPS) is 15.0. The molecule has 1 atom stereocenters. The van der Waals surface area contributed by atoms with Gasteiger partial charge < -0.3 is 10.1 Å². The molecular formula is C16H20N2O4. The first-order chi connectivity index (χ1) is 10.4. The molecule has 1 aliphatic rings. The van der Waals surface area contributed by atoms with Crippen molar-refractivity contribution in [1.29, 1.82) is 0 Å². The second kappa shape index (κ2) is 6.70. The highest BCUT2D eigenvalue weighted by Crippen LogP contribution is 2.23. The first kappa shape index (κ1) is 16.2. The van der Waals surface area contributed by atoms with Crippen molar-refractivity contribution in [3.05, 3.63) is 34.9 Å². The lowest BCUT2D eigenvalue weighted by molar-refractivity contribution is -0.122. The van der Waals surface area contributed by atoms with Crippen LogP contribution in [0.5, 0.6) is 0 Å². The van der Waals surface area contributed by atoms with Crippen LogP contribution in [-0.4, -0.2) is 48.9 Å². The van der Waals surface area contributed by atoms with Gasteiger partial charge in [0.25, 0.3) is 11.8 Å². The number of nitrogens with one attached hydrogen (secondary N) is 1. The molecule has 1 aliphatic heterocycles. The molecule has 6 nitrogen and oxygen atoms in total. The molecule has 0 aliphatic carbocycles. The van der Waals surface area contributed by atoms with Gasteiger partial charge in [-0.2, -0.15) is 0 Å². The zero-order valence-corrected chi connectivity index (χ0v) is 13.0. The molecule has 1 unspecified atom stereocenters. The zero-order chi connectivity index (χ0) is 16.3. The Hall–Kier alpha value is -2.21. The summed E-state index contributed by atoms with van der Waals surface area (Å²) < 4.78 is 4.94. The highest BCUT2D eigenvalue weighted by atomic mass is 16.5. The minimum Gasteiger partial charge on any atom is -0.383 e. The molecule has 0 saturated carbocycles. The van der Waals surface area contributed by atoms with Gasteiger partial charge in [-0.05, 0) is 26.0 Å². The van der Waals surface area contributed by atoms with Gasteiger partial charge in [-0.3, -0.25) is 19.3 Å². The molecule has 3 amide bonds. The zero-order valence-electron chi connectivity index (χ0n) is 13.0. The van der Waals surface area contributed by atoms with Gasteiger partial charge >= 0.3 is 0 Å². The van der Waals surface area contributed by atoms with Gasteiger partial charge in [0.2, 0.25) is 5.91 Å². The summed E-state index contributed by atoms with van der Waals surface area (Å²) in [5, 5.41) is 2.75. The van der Waals surface area contributed by atoms with Crippen LogP contribution in [0.4, 0.5) is 0 Å². The number of rotatable bonds is 6. The number of ether oxygens (including phenoxy) is 1. The Labute approximate surface area is 129 Å². The number of hydrogen-bond donors (Lipinski definition) is 1. The molecule has 2 rings (SSSR count). The van der Waals surface area contributed by atoms with E-state index in [0.717, 1.165) is 10.5 Å². The smallest absolute Gasteiger partial charge is 0.261 e. The van der Waals surface area contributed by atoms with Crippen LogP contribution >= 0.6 is 0 Å². The summed E-state index contributed by atoms with van der Waals surface area (Å²) in [6.07, 6.45) is 0.0819. The lowest BCUT2D eigenvalue weighted by atomic mass is 10.1. The van der Waals surface area contributed by atoms with Crippen LogP contribution in [0.2, 0.25) is 0 Å². The Balaban J connectivity index is 1.96. The number of nitrogens with zero attached hydrogens (tertiary/aromatic N) is 1. The third-order valence-electron chi connectivity index (χ3n) is 3.51. The summed E-state index contributed by atoms with van der Waals surface area (Å²) in [6.45, 7) is 4.19. The first-order valence-electron chi connectivity index (χ1n) is 7.19. The average molecular weight is 304 g/mol. The Morgan fingerprint density at radius 1 is 1.27 bits per heavy atom. The first-order valence-corrected chi connectivity index (χ1v) is 7.19. The molecule has 1 aromatic carbocycles. The molecule has 22 heavy (non-hydrogen) atoms. The van der Waals surface area contributed by atoms with Crippen LogP contribution in [0, 0.1) is 6.92 Å². The third-order valence-corrected chi connectivity index (χ3v) is 3.51. The van der Waals surface area contributed by atoms with E-state index in [9.17, 15) is 14.4 Å². The highest BCUT2D eigenvalue weighted by Gasteiger charge is 2.35. The van der Waals surface area contributed by atoms with E-state index in [-0.39, 0.29) is 36.7 Å². The molecule has 118 valence electrons. The molecule has 0 aromatic heterocycles. The van der Waals surface area contributed by atoms with Gasteiger partial charge in [0.15, 0.2) is 0 Å². The Kier molecular flexibility index (Phi) is 4.92. The molecule has 0 fully saturated rings. The van der Waals surface area contributed by atoms with Gasteiger partial charge in [-0.1, -0.05) is 11.6 Å². The van der Waals surface area contributed by atoms with Crippen LogP contribution in [0.15, 0.2) is 18.2 Å². The van der Waals surface area contributed by atoms with Gasteiger partial charge in [0, 0.05) is 26.1 Å². The van der Waals surface area contributed by atoms with E-state index in [4.69, 9.17) is 4.74 Å². The van der Waals surface area contributed by atoms with Crippen molar-refractivity contribution >= 4 is 17.7 Å². The number of fused-ring (bicyclic) bond motifs is 1. The van der Waals surface area contributed by atoms with Crippen molar-refractivity contribution in [2.45, 2.75) is 26.3 Å². The largest absolute Gasteiger partial charge is 0.383 e. The summed E-state index contributed by atoms with van der Waals surface area (Å²) in [7, 11) is 1.56. The van der Waals surface area contributed by atoms with Crippen molar-refractivity contribution in [3.8, 4) is 0 Å². The minimum absolute atomic E-state index is 0.0803. The van der Waals surface area contributed by atoms with E-state index < -0.39 is 0 Å². The van der Waals surface area contributed by atoms with Crippen molar-refractivity contribution in [2.75, 3.05) is 20.3 Å². The van der Waals surface area contributed by atoms with Crippen molar-refractivity contribution in [2.24, 2.45) is 0 Å². The lowest BCUT2D eigenvalue weighted by Crippen LogP contribution is -2.39. The van der Waals surface area contributed by atoms with Crippen molar-refractivity contribution in [3.63, 3.8) is 0 Å². The average Bonchev–Trinajstić information content (AvgIpc) is 2.68. The number of carbonyl (C=O) groups excluding carboxylic acids is 3. The maximum Gasteiger partial charge on any atom is 0.261 e. The standard InChI is InChI=1S/C16H20N2O4/c1-10-4-5-12-13(8-10)16(21)18(15(12)20)7-6-14(19)17-11(2)9-22-3/h4-5,8,11H,6-7,9H2,1-3H3,(H,17,19). The molecule has 6 heteroatoms. The predicted molar refractivity (Wildman–Crippen MR) is 80.6 cm³/mol. The quantitative estimate of drug-likeness (QED) is 0.799. The molecule has 1 N–H and O–H groups in total. The molecule has 0 bridgehead atoms. The monoisotopic (exact) mass is 304 g/mol. The van der Waals surface area contributed by atoms with Gasteiger partial charge in [-0.15, -0.1) is 0 Å². The summed E-state index contributed by atoms with van der Waals surface area (Å²) in [6, 6.07) is 5.05. The molecular weight excluding hydrogens is 284 g/mol. The number of methoxy groups -OCH3 is 1. The molecule has 0 spiro atoms. The second-order valence-corrected chi connectivity index (χ2v) is 5.48. The predicted octanol–water partition coefficient (Wildman–Crippen LogP) is 1.13. The topological polar surface area (TPSA) is 75.7 Å². The fourth-order valence-corrected chi connectivity index (χ4v) is 2.46. The maximum absolute atomic E-state index is 12.2. The van der Waals surface area contributed by atoms with Crippen LogP contribution in [0.3, 0.4) is 0 Å². The summed E-state index contributed by atoms with van der Waals surface area (Å²) in [4.78, 5) is 37.4. The fraction of sp³-hybridized carbons (Fsp3) is 0.438. The number of imide groups is 1. The molecule has 0 saturated heterocycles. The Morgan fingerprint density at radius 3 is 2.64 bits per heavy atom. The van der Waals surface area contributed by atoms with Gasteiger partial charge in [0.1, 0.15) is 0 Å². The summed E-state index contributed by atoms with van der Waals surface area (Å²) >= 11 is 0. The molecule has 1 aromatic rings. The minimum atomic E-state index is -0.335. The lowest BCUT2D eigenvalue weighted by Gasteiger charge is -2.16. The van der Waals surface area contributed by atoms with Crippen molar-refractivity contribution < 1.29 is 19.1 Å². The number of aryl methyl sites for hydroxylation is 1. The van der Waals surface area contributed by atoms with Gasteiger partial charge in [-0.25, -0.2) is 0 Å². The highest BCUT2D eigenvalue weighted by molar-refractivity contribution is 6.21. The molecule has 1 heterocycles. The third kappa shape index (κ3) is 3.33. The number of amides is 3. The van der Waals surface area contributed by atoms with Crippen molar-refractivity contribution in [1.82, 2.24) is 10.2 Å². The van der Waals surface area contributed by atoms with E-state index in [0.29, 0.717) is 17.7 Å². The maximum atomic E-state index is 12.2. The summed E-state index contributed by atoms with van der Waals surface area (Å²) in [5.74, 6) is -0.878. The van der Waals surface area contributed by atoms with E-state index >= 15 is 0 Å². The van der Waals surface area contributed by atoms with E-state index in [1.54, 1.807) is 25.3 Å². The molecule has 0 radical (unpaired) electrons. The Bertz CT molecular complexity index is 612. The number of benzene rings is 1. The SMILES string of the molecule is COCC(C)NC(=O)CCN1C(=O)c2ccc(C)cc2C1=O. The second-order valence-electron chi connectivity index (χ2n) is 5.48. The van der Waals surface area contributed by atoms with E-state index in [1.165, 1.54) is 0 Å². The van der Waals surface area contributed by atoms with Crippen LogP contribution in [0.1, 0.15) is 39.6 Å². The summed E-state index contributed by atoms with van der Waals surface area (Å²) in [5.41, 5.74) is 1.75. The number of hydrogen-bond acceptors (Lipinski definition) is 4. The van der Waals surface area contributed by atoms with Crippen LogP contribution < -0.4 is 5.32 Å². The van der Waals surface area contributed by atoms with Gasteiger partial charge in [0.05, 0.1) is 17.7 Å². The fourth-order valence-electron chi connectivity index (χ4n) is 2.46. The number of carbonyl (C=O) groups is 3.